The quantitative estimate of drug-likeness (QED) is 0.807. The van der Waals surface area contributed by atoms with Gasteiger partial charge in [0, 0.05) is 17.5 Å². The predicted octanol–water partition coefficient (Wildman–Crippen LogP) is 3.36. The van der Waals surface area contributed by atoms with Gasteiger partial charge in [-0.25, -0.2) is 14.4 Å². The fraction of sp³-hybridized carbons (Fsp3) is 0.333. The third kappa shape index (κ3) is 2.79. The van der Waals surface area contributed by atoms with Crippen LogP contribution in [-0.4, -0.2) is 17.0 Å². The summed E-state index contributed by atoms with van der Waals surface area (Å²) in [6.45, 7) is 2.67. The van der Waals surface area contributed by atoms with Crippen LogP contribution in [0, 0.1) is 12.7 Å². The smallest absolute Gasteiger partial charge is 0.141 e. The van der Waals surface area contributed by atoms with E-state index in [0.717, 1.165) is 5.69 Å². The molecule has 0 aliphatic carbocycles. The number of thiazole rings is 1. The van der Waals surface area contributed by atoms with Crippen molar-refractivity contribution < 1.29 is 4.39 Å². The number of nitrogens with zero attached hydrogens (tertiary/aromatic N) is 3. The normalized spacial score (nSPS) is 10.7. The van der Waals surface area contributed by atoms with Crippen molar-refractivity contribution >= 4 is 28.8 Å². The maximum absolute atomic E-state index is 13.1. The summed E-state index contributed by atoms with van der Waals surface area (Å²) in [6.07, 6.45) is 1.21. The minimum absolute atomic E-state index is 0.242. The van der Waals surface area contributed by atoms with Gasteiger partial charge in [-0.05, 0) is 13.0 Å². The number of rotatable bonds is 4. The minimum atomic E-state index is -0.364. The summed E-state index contributed by atoms with van der Waals surface area (Å²) >= 11 is 7.42. The molecule has 0 saturated heterocycles. The first kappa shape index (κ1) is 13.2. The van der Waals surface area contributed by atoms with Gasteiger partial charge in [0.1, 0.15) is 11.6 Å². The van der Waals surface area contributed by atoms with E-state index in [-0.39, 0.29) is 11.7 Å². The lowest BCUT2D eigenvalue weighted by Gasteiger charge is -2.20. The van der Waals surface area contributed by atoms with Gasteiger partial charge in [0.05, 0.1) is 29.8 Å². The van der Waals surface area contributed by atoms with Gasteiger partial charge in [-0.3, -0.25) is 0 Å². The molecular formula is C12H13ClFN3S. The Bertz CT molecular complexity index is 544. The van der Waals surface area contributed by atoms with Crippen LogP contribution in [0.1, 0.15) is 16.1 Å². The van der Waals surface area contributed by atoms with Crippen molar-refractivity contribution in [2.75, 3.05) is 11.9 Å². The number of anilines is 1. The van der Waals surface area contributed by atoms with Crippen molar-refractivity contribution in [3.05, 3.63) is 39.7 Å². The molecule has 0 amide bonds. The molecular weight excluding hydrogens is 273 g/mol. The molecule has 0 atom stereocenters. The van der Waals surface area contributed by atoms with Crippen molar-refractivity contribution in [3.8, 4) is 0 Å². The van der Waals surface area contributed by atoms with Crippen molar-refractivity contribution in [1.29, 1.82) is 0 Å². The van der Waals surface area contributed by atoms with E-state index in [4.69, 9.17) is 11.6 Å². The summed E-state index contributed by atoms with van der Waals surface area (Å²) in [6, 6.07) is 1.42. The first-order chi connectivity index (χ1) is 8.61. The Hall–Kier alpha value is -1.20. The molecule has 3 nitrogen and oxygen atoms in total. The Morgan fingerprint density at radius 3 is 2.83 bits per heavy atom. The maximum atomic E-state index is 13.1. The minimum Gasteiger partial charge on any atom is -0.354 e. The molecule has 0 aliphatic rings. The third-order valence-electron chi connectivity index (χ3n) is 2.64. The first-order valence-electron chi connectivity index (χ1n) is 5.42. The van der Waals surface area contributed by atoms with E-state index in [0.29, 0.717) is 17.9 Å². The topological polar surface area (TPSA) is 29.0 Å². The largest absolute Gasteiger partial charge is 0.354 e. The lowest BCUT2D eigenvalue weighted by atomic mass is 10.2. The average Bonchev–Trinajstić information content (AvgIpc) is 2.74. The molecule has 0 aliphatic heterocycles. The van der Waals surface area contributed by atoms with Crippen molar-refractivity contribution in [2.24, 2.45) is 0 Å². The first-order valence-corrected chi connectivity index (χ1v) is 6.83. The van der Waals surface area contributed by atoms with Gasteiger partial charge in [0.2, 0.25) is 0 Å². The zero-order valence-corrected chi connectivity index (χ0v) is 11.7. The van der Waals surface area contributed by atoms with E-state index < -0.39 is 0 Å². The van der Waals surface area contributed by atoms with E-state index in [1.165, 1.54) is 17.1 Å². The maximum Gasteiger partial charge on any atom is 0.141 e. The molecule has 18 heavy (non-hydrogen) atoms. The Morgan fingerprint density at radius 2 is 2.22 bits per heavy atom. The Labute approximate surface area is 114 Å². The molecule has 0 saturated carbocycles. The van der Waals surface area contributed by atoms with Gasteiger partial charge < -0.3 is 4.90 Å². The van der Waals surface area contributed by atoms with Gasteiger partial charge in [-0.15, -0.1) is 22.9 Å². The molecule has 2 aromatic rings. The fourth-order valence-corrected chi connectivity index (χ4v) is 2.71. The standard InChI is InChI=1S/C12H13ClFN3S/c1-8-11(18-7-16-8)6-17(2)12-9(4-13)3-10(14)5-15-12/h3,5,7H,4,6H2,1-2H3. The van der Waals surface area contributed by atoms with Crippen molar-refractivity contribution in [1.82, 2.24) is 9.97 Å². The molecule has 0 fully saturated rings. The average molecular weight is 286 g/mol. The predicted molar refractivity (Wildman–Crippen MR) is 72.7 cm³/mol. The molecule has 2 rings (SSSR count). The molecule has 0 spiro atoms. The number of hydrogen-bond acceptors (Lipinski definition) is 4. The SMILES string of the molecule is Cc1ncsc1CN(C)c1ncc(F)cc1CCl. The van der Waals surface area contributed by atoms with Crippen LogP contribution in [0.25, 0.3) is 0 Å². The highest BCUT2D eigenvalue weighted by Gasteiger charge is 2.12. The summed E-state index contributed by atoms with van der Waals surface area (Å²) in [4.78, 5) is 11.4. The second-order valence-corrected chi connectivity index (χ2v) is 5.19. The molecule has 2 aromatic heterocycles. The summed E-state index contributed by atoms with van der Waals surface area (Å²) in [5, 5.41) is 0. The van der Waals surface area contributed by atoms with Crippen LogP contribution < -0.4 is 4.90 Å². The third-order valence-corrected chi connectivity index (χ3v) is 3.85. The van der Waals surface area contributed by atoms with Crippen LogP contribution in [0.15, 0.2) is 17.8 Å². The van der Waals surface area contributed by atoms with Crippen molar-refractivity contribution in [2.45, 2.75) is 19.3 Å². The lowest BCUT2D eigenvalue weighted by Crippen LogP contribution is -2.19. The van der Waals surface area contributed by atoms with E-state index >= 15 is 0 Å². The molecule has 6 heteroatoms. The molecule has 0 aromatic carbocycles. The van der Waals surface area contributed by atoms with Crippen LogP contribution in [0.3, 0.4) is 0 Å². The lowest BCUT2D eigenvalue weighted by molar-refractivity contribution is 0.619. The van der Waals surface area contributed by atoms with Crippen LogP contribution in [0.5, 0.6) is 0 Å². The Balaban J connectivity index is 2.23. The number of hydrogen-bond donors (Lipinski definition) is 0. The zero-order chi connectivity index (χ0) is 13.1. The van der Waals surface area contributed by atoms with Gasteiger partial charge in [0.15, 0.2) is 0 Å². The molecule has 0 bridgehead atoms. The highest BCUT2D eigenvalue weighted by molar-refractivity contribution is 7.09. The monoisotopic (exact) mass is 285 g/mol. The van der Waals surface area contributed by atoms with Crippen molar-refractivity contribution in [3.63, 3.8) is 0 Å². The van der Waals surface area contributed by atoms with Crippen LogP contribution in [0.4, 0.5) is 10.2 Å². The second-order valence-electron chi connectivity index (χ2n) is 3.99. The number of pyridine rings is 1. The van der Waals surface area contributed by atoms with Gasteiger partial charge in [-0.1, -0.05) is 0 Å². The Morgan fingerprint density at radius 1 is 1.44 bits per heavy atom. The van der Waals surface area contributed by atoms with Gasteiger partial charge >= 0.3 is 0 Å². The molecule has 0 radical (unpaired) electrons. The highest BCUT2D eigenvalue weighted by atomic mass is 35.5. The van der Waals surface area contributed by atoms with Crippen LogP contribution in [-0.2, 0) is 12.4 Å². The highest BCUT2D eigenvalue weighted by Crippen LogP contribution is 2.23. The number of aryl methyl sites for hydroxylation is 1. The Kier molecular flexibility index (Phi) is 4.14. The summed E-state index contributed by atoms with van der Waals surface area (Å²) in [5.41, 5.74) is 3.53. The number of aromatic nitrogens is 2. The summed E-state index contributed by atoms with van der Waals surface area (Å²) < 4.78 is 13.1. The van der Waals surface area contributed by atoms with E-state index in [1.54, 1.807) is 11.3 Å². The van der Waals surface area contributed by atoms with E-state index in [9.17, 15) is 4.39 Å². The molecule has 0 N–H and O–H groups in total. The second kappa shape index (κ2) is 5.63. The molecule has 2 heterocycles. The van der Waals surface area contributed by atoms with E-state index in [2.05, 4.69) is 9.97 Å². The van der Waals surface area contributed by atoms with Crippen LogP contribution >= 0.6 is 22.9 Å². The molecule has 0 unspecified atom stereocenters. The van der Waals surface area contributed by atoms with Gasteiger partial charge in [0.25, 0.3) is 0 Å². The van der Waals surface area contributed by atoms with Crippen LogP contribution in [0.2, 0.25) is 0 Å². The zero-order valence-electron chi connectivity index (χ0n) is 10.2. The summed E-state index contributed by atoms with van der Waals surface area (Å²) in [5.74, 6) is 0.586. The summed E-state index contributed by atoms with van der Waals surface area (Å²) in [7, 11) is 1.91. The molecule has 96 valence electrons. The number of alkyl halides is 1. The van der Waals surface area contributed by atoms with Gasteiger partial charge in [-0.2, -0.15) is 0 Å². The van der Waals surface area contributed by atoms with E-state index in [1.807, 2.05) is 24.4 Å². The fourth-order valence-electron chi connectivity index (χ4n) is 1.68. The number of halogens is 2.